The van der Waals surface area contributed by atoms with Crippen molar-refractivity contribution >= 4 is 22.4 Å². The van der Waals surface area contributed by atoms with E-state index >= 15 is 0 Å². The molecular weight excluding hydrogens is 250 g/mol. The highest BCUT2D eigenvalue weighted by Crippen LogP contribution is 2.27. The monoisotopic (exact) mass is 271 g/mol. The summed E-state index contributed by atoms with van der Waals surface area (Å²) in [6.07, 6.45) is 0.163. The van der Waals surface area contributed by atoms with Gasteiger partial charge in [-0.2, -0.15) is 0 Å². The summed E-state index contributed by atoms with van der Waals surface area (Å²) in [5.41, 5.74) is 1.12. The molecular formula is C17H21NO2. The quantitative estimate of drug-likeness (QED) is 0.869. The second-order valence-corrected chi connectivity index (χ2v) is 5.48. The molecule has 0 fully saturated rings. The highest BCUT2D eigenvalue weighted by atomic mass is 16.4. The van der Waals surface area contributed by atoms with Gasteiger partial charge < -0.3 is 10.0 Å². The van der Waals surface area contributed by atoms with E-state index in [4.69, 9.17) is 5.11 Å². The average molecular weight is 271 g/mol. The summed E-state index contributed by atoms with van der Waals surface area (Å²) < 4.78 is 0. The topological polar surface area (TPSA) is 40.5 Å². The molecule has 2 rings (SSSR count). The number of hydrogen-bond donors (Lipinski definition) is 1. The number of hydrogen-bond acceptors (Lipinski definition) is 2. The van der Waals surface area contributed by atoms with E-state index in [0.717, 1.165) is 12.2 Å². The van der Waals surface area contributed by atoms with Crippen molar-refractivity contribution in [1.29, 1.82) is 0 Å². The van der Waals surface area contributed by atoms with Crippen molar-refractivity contribution in [3.05, 3.63) is 42.5 Å². The maximum absolute atomic E-state index is 10.9. The van der Waals surface area contributed by atoms with Gasteiger partial charge in [-0.1, -0.05) is 50.2 Å². The van der Waals surface area contributed by atoms with Gasteiger partial charge in [0.2, 0.25) is 0 Å². The van der Waals surface area contributed by atoms with Crippen molar-refractivity contribution in [1.82, 2.24) is 0 Å². The Kier molecular flexibility index (Phi) is 4.61. The van der Waals surface area contributed by atoms with Gasteiger partial charge in [-0.3, -0.25) is 4.79 Å². The van der Waals surface area contributed by atoms with E-state index < -0.39 is 5.97 Å². The van der Waals surface area contributed by atoms with Crippen LogP contribution in [0.15, 0.2) is 42.5 Å². The zero-order valence-corrected chi connectivity index (χ0v) is 12.0. The van der Waals surface area contributed by atoms with Crippen molar-refractivity contribution in [3.8, 4) is 0 Å². The van der Waals surface area contributed by atoms with Gasteiger partial charge >= 0.3 is 5.97 Å². The van der Waals surface area contributed by atoms with E-state index in [1.165, 1.54) is 10.8 Å². The highest BCUT2D eigenvalue weighted by Gasteiger charge is 2.12. The second-order valence-electron chi connectivity index (χ2n) is 5.48. The van der Waals surface area contributed by atoms with E-state index in [9.17, 15) is 4.79 Å². The molecule has 0 unspecified atom stereocenters. The lowest BCUT2D eigenvalue weighted by Gasteiger charge is -2.27. The van der Waals surface area contributed by atoms with Crippen LogP contribution in [0, 0.1) is 5.92 Å². The van der Waals surface area contributed by atoms with Crippen LogP contribution >= 0.6 is 0 Å². The van der Waals surface area contributed by atoms with E-state index in [1.54, 1.807) is 0 Å². The van der Waals surface area contributed by atoms with Crippen molar-refractivity contribution in [3.63, 3.8) is 0 Å². The summed E-state index contributed by atoms with van der Waals surface area (Å²) in [7, 11) is 0. The molecule has 106 valence electrons. The zero-order chi connectivity index (χ0) is 14.5. The number of carbonyl (C=O) groups is 1. The molecule has 2 aromatic rings. The van der Waals surface area contributed by atoms with Crippen molar-refractivity contribution in [2.75, 3.05) is 18.0 Å². The van der Waals surface area contributed by atoms with E-state index in [-0.39, 0.29) is 6.42 Å². The summed E-state index contributed by atoms with van der Waals surface area (Å²) in [5, 5.41) is 11.3. The molecule has 0 aromatic heterocycles. The molecule has 3 heteroatoms. The number of rotatable bonds is 6. The minimum Gasteiger partial charge on any atom is -0.481 e. The van der Waals surface area contributed by atoms with Gasteiger partial charge in [0, 0.05) is 24.2 Å². The highest BCUT2D eigenvalue weighted by molar-refractivity contribution is 5.94. The predicted molar refractivity (Wildman–Crippen MR) is 83.3 cm³/mol. The van der Waals surface area contributed by atoms with Crippen molar-refractivity contribution < 1.29 is 9.90 Å². The van der Waals surface area contributed by atoms with Crippen LogP contribution in [0.25, 0.3) is 10.8 Å². The summed E-state index contributed by atoms with van der Waals surface area (Å²) >= 11 is 0. The number of carboxylic acids is 1. The van der Waals surface area contributed by atoms with E-state index in [1.807, 2.05) is 18.2 Å². The fourth-order valence-electron chi connectivity index (χ4n) is 2.47. The largest absolute Gasteiger partial charge is 0.481 e. The molecule has 0 amide bonds. The summed E-state index contributed by atoms with van der Waals surface area (Å²) in [6, 6.07) is 14.4. The van der Waals surface area contributed by atoms with Crippen LogP contribution in [-0.2, 0) is 4.79 Å². The van der Waals surface area contributed by atoms with Gasteiger partial charge in [-0.25, -0.2) is 0 Å². The smallest absolute Gasteiger partial charge is 0.305 e. The molecule has 1 N–H and O–H groups in total. The Balaban J connectivity index is 2.36. The Hall–Kier alpha value is -2.03. The van der Waals surface area contributed by atoms with Gasteiger partial charge in [0.1, 0.15) is 0 Å². The Morgan fingerprint density at radius 1 is 1.15 bits per heavy atom. The van der Waals surface area contributed by atoms with Crippen LogP contribution in [0.4, 0.5) is 5.69 Å². The third-order valence-electron chi connectivity index (χ3n) is 3.29. The van der Waals surface area contributed by atoms with Gasteiger partial charge in [-0.15, -0.1) is 0 Å². The first kappa shape index (κ1) is 14.4. The fraction of sp³-hybridized carbons (Fsp3) is 0.353. The number of benzene rings is 2. The zero-order valence-electron chi connectivity index (χ0n) is 12.0. The summed E-state index contributed by atoms with van der Waals surface area (Å²) in [6.45, 7) is 5.71. The van der Waals surface area contributed by atoms with Crippen molar-refractivity contribution in [2.24, 2.45) is 5.92 Å². The molecule has 20 heavy (non-hydrogen) atoms. The molecule has 0 spiro atoms. The molecule has 0 radical (unpaired) electrons. The number of fused-ring (bicyclic) bond motifs is 1. The molecule has 0 aliphatic heterocycles. The predicted octanol–water partition coefficient (Wildman–Crippen LogP) is 3.78. The molecule has 2 aromatic carbocycles. The maximum atomic E-state index is 10.9. The lowest BCUT2D eigenvalue weighted by molar-refractivity contribution is -0.136. The second kappa shape index (κ2) is 6.42. The van der Waals surface area contributed by atoms with Gasteiger partial charge in [0.05, 0.1) is 6.42 Å². The first-order valence-corrected chi connectivity index (χ1v) is 7.02. The number of carboxylic acid groups (broad SMARTS) is 1. The molecule has 0 bridgehead atoms. The fourth-order valence-corrected chi connectivity index (χ4v) is 2.47. The van der Waals surface area contributed by atoms with Crippen LogP contribution in [0.1, 0.15) is 20.3 Å². The first-order chi connectivity index (χ1) is 9.58. The minimum atomic E-state index is -0.751. The molecule has 0 saturated heterocycles. The third kappa shape index (κ3) is 3.50. The standard InChI is InChI=1S/C17H21NO2/c1-13(2)12-18(11-10-17(19)20)16-9-5-7-14-6-3-4-8-15(14)16/h3-9,13H,10-12H2,1-2H3,(H,19,20). The summed E-state index contributed by atoms with van der Waals surface area (Å²) in [5.74, 6) is -0.262. The van der Waals surface area contributed by atoms with Crippen LogP contribution in [0.2, 0.25) is 0 Å². The van der Waals surface area contributed by atoms with Gasteiger partial charge in [-0.05, 0) is 17.4 Å². The first-order valence-electron chi connectivity index (χ1n) is 7.02. The van der Waals surface area contributed by atoms with Crippen LogP contribution in [-0.4, -0.2) is 24.2 Å². The molecule has 0 aliphatic carbocycles. The number of nitrogens with zero attached hydrogens (tertiary/aromatic N) is 1. The van der Waals surface area contributed by atoms with Crippen LogP contribution < -0.4 is 4.90 Å². The van der Waals surface area contributed by atoms with Crippen LogP contribution in [0.5, 0.6) is 0 Å². The summed E-state index contributed by atoms with van der Waals surface area (Å²) in [4.78, 5) is 13.0. The Bertz CT molecular complexity index is 587. The molecule has 0 heterocycles. The number of anilines is 1. The minimum absolute atomic E-state index is 0.163. The lowest BCUT2D eigenvalue weighted by atomic mass is 10.1. The average Bonchev–Trinajstić information content (AvgIpc) is 2.42. The van der Waals surface area contributed by atoms with E-state index in [0.29, 0.717) is 12.5 Å². The Labute approximate surface area is 119 Å². The van der Waals surface area contributed by atoms with Crippen molar-refractivity contribution in [2.45, 2.75) is 20.3 Å². The number of aliphatic carboxylic acids is 1. The normalized spacial score (nSPS) is 10.9. The lowest BCUT2D eigenvalue weighted by Crippen LogP contribution is -2.30. The van der Waals surface area contributed by atoms with Gasteiger partial charge in [0.15, 0.2) is 0 Å². The SMILES string of the molecule is CC(C)CN(CCC(=O)O)c1cccc2ccccc12. The van der Waals surface area contributed by atoms with E-state index in [2.05, 4.69) is 43.0 Å². The Morgan fingerprint density at radius 3 is 2.55 bits per heavy atom. The maximum Gasteiger partial charge on any atom is 0.305 e. The molecule has 3 nitrogen and oxygen atoms in total. The van der Waals surface area contributed by atoms with Gasteiger partial charge in [0.25, 0.3) is 0 Å². The van der Waals surface area contributed by atoms with Crippen LogP contribution in [0.3, 0.4) is 0 Å². The molecule has 0 saturated carbocycles. The Morgan fingerprint density at radius 2 is 1.85 bits per heavy atom. The third-order valence-corrected chi connectivity index (χ3v) is 3.29. The molecule has 0 aliphatic rings. The molecule has 0 atom stereocenters.